The Hall–Kier alpha value is -4.32. The molecule has 3 aromatic rings. The van der Waals surface area contributed by atoms with E-state index in [0.717, 1.165) is 23.5 Å². The molecule has 0 aliphatic rings. The minimum Gasteiger partial charge on any atom is -0.493 e. The van der Waals surface area contributed by atoms with Gasteiger partial charge in [-0.15, -0.1) is 0 Å². The van der Waals surface area contributed by atoms with E-state index in [9.17, 15) is 4.79 Å². The molecule has 9 nitrogen and oxygen atoms in total. The lowest BCUT2D eigenvalue weighted by atomic mass is 10.1. The Kier molecular flexibility index (Phi) is 8.46. The van der Waals surface area contributed by atoms with Crippen molar-refractivity contribution < 1.29 is 14.3 Å². The number of anilines is 1. The molecule has 1 heterocycles. The summed E-state index contributed by atoms with van der Waals surface area (Å²) >= 11 is 0. The molecule has 3 rings (SSSR count). The standard InChI is InChI=1S/C26H30N6O3/c1-6-32-18(3)22(17(2)31-32)13-14-28-26(29-21-11-12-23(34-4)24(15-21)35-5)30-25(33)20-9-7-19(16-27)8-10-20/h7-12,15H,6,13-14H2,1-5H3,(H2,28,29,30,33). The van der Waals surface area contributed by atoms with Gasteiger partial charge in [0.1, 0.15) is 0 Å². The van der Waals surface area contributed by atoms with Gasteiger partial charge in [-0.3, -0.25) is 19.8 Å². The van der Waals surface area contributed by atoms with Gasteiger partial charge in [-0.1, -0.05) is 0 Å². The Bertz CT molecular complexity index is 1260. The fraction of sp³-hybridized carbons (Fsp3) is 0.308. The maximum Gasteiger partial charge on any atom is 0.257 e. The zero-order chi connectivity index (χ0) is 25.4. The largest absolute Gasteiger partial charge is 0.493 e. The molecule has 9 heteroatoms. The number of guanidine groups is 1. The van der Waals surface area contributed by atoms with E-state index in [1.165, 1.54) is 0 Å². The fourth-order valence-electron chi connectivity index (χ4n) is 3.72. The third kappa shape index (κ3) is 6.18. The summed E-state index contributed by atoms with van der Waals surface area (Å²) in [7, 11) is 3.13. The third-order valence-electron chi connectivity index (χ3n) is 5.62. The molecule has 0 atom stereocenters. The number of rotatable bonds is 8. The first-order chi connectivity index (χ1) is 16.9. The number of nitrogens with zero attached hydrogens (tertiary/aromatic N) is 4. The van der Waals surface area contributed by atoms with Crippen molar-refractivity contribution in [2.75, 3.05) is 26.1 Å². The minimum absolute atomic E-state index is 0.296. The van der Waals surface area contributed by atoms with E-state index < -0.39 is 0 Å². The average molecular weight is 475 g/mol. The summed E-state index contributed by atoms with van der Waals surface area (Å²) in [6, 6.07) is 13.8. The van der Waals surface area contributed by atoms with Crippen LogP contribution < -0.4 is 20.1 Å². The van der Waals surface area contributed by atoms with Crippen LogP contribution in [0.3, 0.4) is 0 Å². The number of nitriles is 1. The predicted molar refractivity (Wildman–Crippen MR) is 135 cm³/mol. The molecule has 0 saturated carbocycles. The summed E-state index contributed by atoms with van der Waals surface area (Å²) in [6.45, 7) is 7.36. The van der Waals surface area contributed by atoms with Gasteiger partial charge in [-0.2, -0.15) is 10.4 Å². The minimum atomic E-state index is -0.340. The van der Waals surface area contributed by atoms with Crippen molar-refractivity contribution in [2.45, 2.75) is 33.7 Å². The number of hydrogen-bond donors (Lipinski definition) is 2. The molecule has 0 radical (unpaired) electrons. The second-order valence-corrected chi connectivity index (χ2v) is 7.78. The van der Waals surface area contributed by atoms with Crippen LogP contribution in [0, 0.1) is 25.2 Å². The number of benzene rings is 2. The fourth-order valence-corrected chi connectivity index (χ4v) is 3.72. The first kappa shape index (κ1) is 25.3. The maximum atomic E-state index is 12.9. The Morgan fingerprint density at radius 2 is 1.83 bits per heavy atom. The Labute approximate surface area is 205 Å². The first-order valence-electron chi connectivity index (χ1n) is 11.3. The molecule has 1 aromatic heterocycles. The van der Waals surface area contributed by atoms with E-state index in [1.807, 2.05) is 23.7 Å². The quantitative estimate of drug-likeness (QED) is 0.379. The topological polar surface area (TPSA) is 114 Å². The monoisotopic (exact) mass is 474 g/mol. The third-order valence-corrected chi connectivity index (χ3v) is 5.62. The van der Waals surface area contributed by atoms with E-state index in [4.69, 9.17) is 14.7 Å². The van der Waals surface area contributed by atoms with Crippen LogP contribution in [0.1, 0.15) is 39.8 Å². The highest BCUT2D eigenvalue weighted by Gasteiger charge is 2.13. The normalized spacial score (nSPS) is 11.0. The summed E-state index contributed by atoms with van der Waals surface area (Å²) < 4.78 is 12.7. The van der Waals surface area contributed by atoms with Gasteiger partial charge in [0, 0.05) is 36.1 Å². The number of amides is 1. The summed E-state index contributed by atoms with van der Waals surface area (Å²) in [6.07, 6.45) is 0.682. The molecule has 0 unspecified atom stereocenters. The number of aryl methyl sites for hydroxylation is 2. The van der Waals surface area contributed by atoms with Crippen molar-refractivity contribution in [1.29, 1.82) is 5.26 Å². The van der Waals surface area contributed by atoms with Crippen LogP contribution in [0.2, 0.25) is 0 Å². The number of hydrogen-bond acceptors (Lipinski definition) is 6. The van der Waals surface area contributed by atoms with Crippen LogP contribution in [0.5, 0.6) is 11.5 Å². The summed E-state index contributed by atoms with van der Waals surface area (Å²) in [5.41, 5.74) is 4.83. The van der Waals surface area contributed by atoms with Gasteiger partial charge in [0.05, 0.1) is 31.5 Å². The van der Waals surface area contributed by atoms with Crippen LogP contribution in [0.15, 0.2) is 47.5 Å². The molecule has 0 aliphatic carbocycles. The molecule has 1 amide bonds. The van der Waals surface area contributed by atoms with Gasteiger partial charge >= 0.3 is 0 Å². The molecule has 0 saturated heterocycles. The van der Waals surface area contributed by atoms with Gasteiger partial charge in [-0.05, 0) is 69.2 Å². The number of carbonyl (C=O) groups is 1. The molecule has 182 valence electrons. The lowest BCUT2D eigenvalue weighted by Gasteiger charge is -2.14. The van der Waals surface area contributed by atoms with E-state index in [-0.39, 0.29) is 5.91 Å². The molecule has 0 spiro atoms. The lowest BCUT2D eigenvalue weighted by molar-refractivity contribution is 0.0977. The van der Waals surface area contributed by atoms with Crippen LogP contribution in [0.4, 0.5) is 5.69 Å². The molecule has 2 aromatic carbocycles. The molecule has 35 heavy (non-hydrogen) atoms. The predicted octanol–water partition coefficient (Wildman–Crippen LogP) is 3.85. The average Bonchev–Trinajstić information content (AvgIpc) is 3.16. The Morgan fingerprint density at radius 1 is 1.11 bits per heavy atom. The Morgan fingerprint density at radius 3 is 2.43 bits per heavy atom. The van der Waals surface area contributed by atoms with Gasteiger partial charge in [0.25, 0.3) is 5.91 Å². The molecule has 2 N–H and O–H groups in total. The molecule has 0 aliphatic heterocycles. The van der Waals surface area contributed by atoms with Crippen LogP contribution >= 0.6 is 0 Å². The number of aromatic nitrogens is 2. The van der Waals surface area contributed by atoms with E-state index >= 15 is 0 Å². The smallest absolute Gasteiger partial charge is 0.257 e. The number of ether oxygens (including phenoxy) is 2. The van der Waals surface area contributed by atoms with Crippen molar-refractivity contribution in [2.24, 2.45) is 4.99 Å². The highest BCUT2D eigenvalue weighted by atomic mass is 16.5. The molecular weight excluding hydrogens is 444 g/mol. The second kappa shape index (κ2) is 11.7. The summed E-state index contributed by atoms with van der Waals surface area (Å²) in [5, 5.41) is 19.6. The number of methoxy groups -OCH3 is 2. The van der Waals surface area contributed by atoms with Crippen molar-refractivity contribution in [3.63, 3.8) is 0 Å². The number of carbonyl (C=O) groups excluding carboxylic acids is 1. The van der Waals surface area contributed by atoms with E-state index in [2.05, 4.69) is 34.6 Å². The van der Waals surface area contributed by atoms with Crippen molar-refractivity contribution in [3.8, 4) is 17.6 Å². The van der Waals surface area contributed by atoms with Gasteiger partial charge in [0.2, 0.25) is 5.96 Å². The van der Waals surface area contributed by atoms with Crippen LogP contribution in [-0.2, 0) is 13.0 Å². The lowest BCUT2D eigenvalue weighted by Crippen LogP contribution is -2.36. The Balaban J connectivity index is 1.83. The molecule has 0 fully saturated rings. The van der Waals surface area contributed by atoms with Crippen molar-refractivity contribution in [1.82, 2.24) is 15.1 Å². The van der Waals surface area contributed by atoms with Crippen LogP contribution in [-0.4, -0.2) is 42.4 Å². The number of nitrogens with one attached hydrogen (secondary N) is 2. The number of aliphatic imine (C=N–C) groups is 1. The van der Waals surface area contributed by atoms with Crippen LogP contribution in [0.25, 0.3) is 0 Å². The van der Waals surface area contributed by atoms with E-state index in [1.54, 1.807) is 50.6 Å². The highest BCUT2D eigenvalue weighted by molar-refractivity contribution is 6.10. The first-order valence-corrected chi connectivity index (χ1v) is 11.3. The van der Waals surface area contributed by atoms with Crippen molar-refractivity contribution in [3.05, 3.63) is 70.5 Å². The maximum absolute atomic E-state index is 12.9. The van der Waals surface area contributed by atoms with Gasteiger partial charge in [0.15, 0.2) is 11.5 Å². The van der Waals surface area contributed by atoms with E-state index in [0.29, 0.717) is 47.2 Å². The van der Waals surface area contributed by atoms with Gasteiger partial charge < -0.3 is 14.8 Å². The second-order valence-electron chi connectivity index (χ2n) is 7.78. The summed E-state index contributed by atoms with van der Waals surface area (Å²) in [4.78, 5) is 17.5. The van der Waals surface area contributed by atoms with Gasteiger partial charge in [-0.25, -0.2) is 0 Å². The zero-order valence-corrected chi connectivity index (χ0v) is 20.7. The van der Waals surface area contributed by atoms with Crippen molar-refractivity contribution >= 4 is 17.6 Å². The SMILES string of the molecule is CCn1nc(C)c(CCN=C(NC(=O)c2ccc(C#N)cc2)Nc2ccc(OC)c(OC)c2)c1C. The highest BCUT2D eigenvalue weighted by Crippen LogP contribution is 2.29. The summed E-state index contributed by atoms with van der Waals surface area (Å²) in [5.74, 6) is 1.10. The molecular formula is C26H30N6O3. The zero-order valence-electron chi connectivity index (χ0n) is 20.7. The molecule has 0 bridgehead atoms.